The molecule has 170 valence electrons. The van der Waals surface area contributed by atoms with E-state index in [1.54, 1.807) is 24.0 Å². The topological polar surface area (TPSA) is 110 Å². The minimum absolute atomic E-state index is 0.0654. The van der Waals surface area contributed by atoms with E-state index in [-0.39, 0.29) is 17.9 Å². The number of non-ortho nitro benzene ring substituents is 1. The molecule has 1 atom stereocenters. The molecule has 1 amide bonds. The molecule has 2 saturated heterocycles. The smallest absolute Gasteiger partial charge is 0.409 e. The van der Waals surface area contributed by atoms with Gasteiger partial charge in [-0.3, -0.25) is 10.1 Å². The van der Waals surface area contributed by atoms with E-state index in [4.69, 9.17) is 14.5 Å². The van der Waals surface area contributed by atoms with Gasteiger partial charge < -0.3 is 24.6 Å². The maximum absolute atomic E-state index is 12.0. The molecular formula is C21H31N5O5. The van der Waals surface area contributed by atoms with Gasteiger partial charge in [-0.15, -0.1) is 0 Å². The Balaban J connectivity index is 1.63. The van der Waals surface area contributed by atoms with Crippen molar-refractivity contribution in [2.45, 2.75) is 38.8 Å². The fraction of sp³-hybridized carbons (Fsp3) is 0.619. The average Bonchev–Trinajstić information content (AvgIpc) is 2.80. The Kier molecular flexibility index (Phi) is 8.45. The highest BCUT2D eigenvalue weighted by Gasteiger charge is 2.24. The van der Waals surface area contributed by atoms with Crippen LogP contribution in [0, 0.1) is 10.1 Å². The van der Waals surface area contributed by atoms with Gasteiger partial charge in [-0.1, -0.05) is 12.1 Å². The molecule has 1 unspecified atom stereocenters. The summed E-state index contributed by atoms with van der Waals surface area (Å²) in [6.07, 6.45) is 3.18. The lowest BCUT2D eigenvalue weighted by Crippen LogP contribution is -2.54. The summed E-state index contributed by atoms with van der Waals surface area (Å²) >= 11 is 0. The van der Waals surface area contributed by atoms with E-state index in [9.17, 15) is 14.9 Å². The van der Waals surface area contributed by atoms with Crippen LogP contribution in [-0.4, -0.2) is 78.8 Å². The van der Waals surface area contributed by atoms with Crippen LogP contribution in [0.2, 0.25) is 0 Å². The fourth-order valence-electron chi connectivity index (χ4n) is 3.65. The molecule has 10 heteroatoms. The number of aliphatic imine (C=N–C) groups is 1. The molecule has 0 spiro atoms. The standard InChI is InChI=1S/C21H31N5O5/c1-2-30-21(27)25-12-10-24(11-13-25)20(23-16-19-5-3-4-14-31-19)22-15-17-6-8-18(9-7-17)26(28)29/h6-9,19H,2-5,10-16H2,1H3,(H,22,23). The third-order valence-corrected chi connectivity index (χ3v) is 5.43. The van der Waals surface area contributed by atoms with Crippen molar-refractivity contribution < 1.29 is 19.2 Å². The molecule has 10 nitrogen and oxygen atoms in total. The number of piperazine rings is 1. The molecule has 2 heterocycles. The molecule has 2 fully saturated rings. The van der Waals surface area contributed by atoms with E-state index in [1.807, 2.05) is 0 Å². The largest absolute Gasteiger partial charge is 0.450 e. The maximum atomic E-state index is 12.0. The molecule has 0 aromatic heterocycles. The van der Waals surface area contributed by atoms with Crippen LogP contribution in [0.3, 0.4) is 0 Å². The number of hydrogen-bond donors (Lipinski definition) is 1. The predicted octanol–water partition coefficient (Wildman–Crippen LogP) is 2.38. The monoisotopic (exact) mass is 433 g/mol. The van der Waals surface area contributed by atoms with Crippen molar-refractivity contribution in [2.24, 2.45) is 4.99 Å². The minimum Gasteiger partial charge on any atom is -0.450 e. The van der Waals surface area contributed by atoms with Crippen molar-refractivity contribution in [3.05, 3.63) is 39.9 Å². The van der Waals surface area contributed by atoms with Crippen molar-refractivity contribution in [2.75, 3.05) is 45.9 Å². The van der Waals surface area contributed by atoms with Crippen LogP contribution in [0.1, 0.15) is 31.7 Å². The summed E-state index contributed by atoms with van der Waals surface area (Å²) in [6, 6.07) is 6.43. The second kappa shape index (κ2) is 11.5. The average molecular weight is 434 g/mol. The molecule has 1 aromatic carbocycles. The molecule has 31 heavy (non-hydrogen) atoms. The number of nitro groups is 1. The number of rotatable bonds is 6. The number of guanidine groups is 1. The molecule has 0 saturated carbocycles. The molecule has 2 aliphatic heterocycles. The second-order valence-corrected chi connectivity index (χ2v) is 7.61. The van der Waals surface area contributed by atoms with Crippen LogP contribution in [0.5, 0.6) is 0 Å². The Labute approximate surface area is 182 Å². The highest BCUT2D eigenvalue weighted by molar-refractivity contribution is 5.80. The zero-order valence-corrected chi connectivity index (χ0v) is 18.0. The lowest BCUT2D eigenvalue weighted by atomic mass is 10.1. The van der Waals surface area contributed by atoms with Gasteiger partial charge in [0.05, 0.1) is 24.2 Å². The van der Waals surface area contributed by atoms with E-state index in [0.717, 1.165) is 31.0 Å². The van der Waals surface area contributed by atoms with Gasteiger partial charge in [0.2, 0.25) is 0 Å². The lowest BCUT2D eigenvalue weighted by Gasteiger charge is -2.36. The quantitative estimate of drug-likeness (QED) is 0.317. The summed E-state index contributed by atoms with van der Waals surface area (Å²) in [5, 5.41) is 14.3. The van der Waals surface area contributed by atoms with Crippen molar-refractivity contribution >= 4 is 17.7 Å². The number of carbonyl (C=O) groups excluding carboxylic acids is 1. The summed E-state index contributed by atoms with van der Waals surface area (Å²) in [4.78, 5) is 31.0. The molecule has 0 aliphatic carbocycles. The van der Waals surface area contributed by atoms with Gasteiger partial charge in [-0.05, 0) is 31.7 Å². The van der Waals surface area contributed by atoms with Crippen LogP contribution < -0.4 is 5.32 Å². The van der Waals surface area contributed by atoms with Crippen LogP contribution in [0.4, 0.5) is 10.5 Å². The van der Waals surface area contributed by atoms with Crippen molar-refractivity contribution in [1.29, 1.82) is 0 Å². The van der Waals surface area contributed by atoms with E-state index in [1.165, 1.54) is 18.6 Å². The number of benzene rings is 1. The summed E-state index contributed by atoms with van der Waals surface area (Å²) in [5.41, 5.74) is 0.958. The Hall–Kier alpha value is -2.88. The Morgan fingerprint density at radius 2 is 1.94 bits per heavy atom. The number of carbonyl (C=O) groups is 1. The molecule has 1 N–H and O–H groups in total. The Bertz CT molecular complexity index is 756. The van der Waals surface area contributed by atoms with E-state index in [0.29, 0.717) is 45.9 Å². The van der Waals surface area contributed by atoms with Gasteiger partial charge in [0.15, 0.2) is 5.96 Å². The van der Waals surface area contributed by atoms with Crippen molar-refractivity contribution in [1.82, 2.24) is 15.1 Å². The first-order valence-corrected chi connectivity index (χ1v) is 10.9. The lowest BCUT2D eigenvalue weighted by molar-refractivity contribution is -0.384. The summed E-state index contributed by atoms with van der Waals surface area (Å²) in [6.45, 7) is 6.47. The number of nitro benzene ring substituents is 1. The van der Waals surface area contributed by atoms with Crippen LogP contribution in [-0.2, 0) is 16.0 Å². The van der Waals surface area contributed by atoms with Crippen molar-refractivity contribution in [3.8, 4) is 0 Å². The third-order valence-electron chi connectivity index (χ3n) is 5.43. The van der Waals surface area contributed by atoms with Gasteiger partial charge in [-0.25, -0.2) is 9.79 Å². The third kappa shape index (κ3) is 6.81. The summed E-state index contributed by atoms with van der Waals surface area (Å²) < 4.78 is 10.9. The van der Waals surface area contributed by atoms with E-state index >= 15 is 0 Å². The first kappa shape index (κ1) is 22.8. The molecule has 1 aromatic rings. The molecule has 2 aliphatic rings. The minimum atomic E-state index is -0.409. The van der Waals surface area contributed by atoms with Gasteiger partial charge in [-0.2, -0.15) is 0 Å². The SMILES string of the molecule is CCOC(=O)N1CCN(C(=NCc2ccc([N+](=O)[O-])cc2)NCC2CCCCO2)CC1. The van der Waals surface area contributed by atoms with Crippen LogP contribution in [0.25, 0.3) is 0 Å². The predicted molar refractivity (Wildman–Crippen MR) is 116 cm³/mol. The zero-order valence-electron chi connectivity index (χ0n) is 18.0. The Morgan fingerprint density at radius 3 is 2.55 bits per heavy atom. The van der Waals surface area contributed by atoms with E-state index in [2.05, 4.69) is 10.2 Å². The number of amides is 1. The fourth-order valence-corrected chi connectivity index (χ4v) is 3.65. The Morgan fingerprint density at radius 1 is 1.23 bits per heavy atom. The first-order chi connectivity index (χ1) is 15.1. The maximum Gasteiger partial charge on any atom is 0.409 e. The highest BCUT2D eigenvalue weighted by Crippen LogP contribution is 2.14. The zero-order chi connectivity index (χ0) is 22.1. The highest BCUT2D eigenvalue weighted by atomic mass is 16.6. The molecule has 3 rings (SSSR count). The molecular weight excluding hydrogens is 402 g/mol. The van der Waals surface area contributed by atoms with Crippen LogP contribution >= 0.6 is 0 Å². The normalized spacial score (nSPS) is 19.8. The number of ether oxygens (including phenoxy) is 2. The number of hydrogen-bond acceptors (Lipinski definition) is 6. The van der Waals surface area contributed by atoms with Crippen LogP contribution in [0.15, 0.2) is 29.3 Å². The summed E-state index contributed by atoms with van der Waals surface area (Å²) in [7, 11) is 0. The second-order valence-electron chi connectivity index (χ2n) is 7.61. The van der Waals surface area contributed by atoms with E-state index < -0.39 is 4.92 Å². The van der Waals surface area contributed by atoms with Crippen molar-refractivity contribution in [3.63, 3.8) is 0 Å². The molecule has 0 bridgehead atoms. The first-order valence-electron chi connectivity index (χ1n) is 10.9. The molecule has 0 radical (unpaired) electrons. The van der Waals surface area contributed by atoms with Gasteiger partial charge in [0.25, 0.3) is 5.69 Å². The van der Waals surface area contributed by atoms with Gasteiger partial charge in [0, 0.05) is 51.5 Å². The number of nitrogens with one attached hydrogen (secondary N) is 1. The summed E-state index contributed by atoms with van der Waals surface area (Å²) in [5.74, 6) is 0.760. The number of nitrogens with zero attached hydrogens (tertiary/aromatic N) is 4. The van der Waals surface area contributed by atoms with Gasteiger partial charge in [0.1, 0.15) is 0 Å². The van der Waals surface area contributed by atoms with Gasteiger partial charge >= 0.3 is 6.09 Å².